The van der Waals surface area contributed by atoms with Crippen LogP contribution in [-0.2, 0) is 16.6 Å². The summed E-state index contributed by atoms with van der Waals surface area (Å²) in [5.41, 5.74) is 6.74. The molecule has 0 fully saturated rings. The van der Waals surface area contributed by atoms with Crippen molar-refractivity contribution in [2.45, 2.75) is 25.3 Å². The van der Waals surface area contributed by atoms with Gasteiger partial charge in [-0.3, -0.25) is 0 Å². The number of benzene rings is 2. The molecule has 136 valence electrons. The van der Waals surface area contributed by atoms with Crippen LogP contribution in [-0.4, -0.2) is 21.6 Å². The van der Waals surface area contributed by atoms with Gasteiger partial charge in [0.1, 0.15) is 0 Å². The van der Waals surface area contributed by atoms with E-state index in [0.717, 1.165) is 0 Å². The summed E-state index contributed by atoms with van der Waals surface area (Å²) in [6.07, 6.45) is 0. The summed E-state index contributed by atoms with van der Waals surface area (Å²) in [7, 11) is -3.65. The Bertz CT molecular complexity index is 823. The molecule has 0 saturated carbocycles. The largest absolute Gasteiger partial charge is 0.490 e. The van der Waals surface area contributed by atoms with Crippen molar-refractivity contribution in [3.05, 3.63) is 47.0 Å². The van der Waals surface area contributed by atoms with Gasteiger partial charge in [0, 0.05) is 12.2 Å². The summed E-state index contributed by atoms with van der Waals surface area (Å²) in [6, 6.07) is 9.35. The number of anilines is 1. The van der Waals surface area contributed by atoms with Gasteiger partial charge in [0.25, 0.3) is 0 Å². The molecule has 0 atom stereocenters. The molecule has 0 bridgehead atoms. The lowest BCUT2D eigenvalue weighted by Crippen LogP contribution is -2.23. The van der Waals surface area contributed by atoms with Gasteiger partial charge >= 0.3 is 0 Å². The minimum absolute atomic E-state index is 0.0684. The zero-order valence-corrected chi connectivity index (χ0v) is 15.7. The van der Waals surface area contributed by atoms with Crippen LogP contribution in [0.3, 0.4) is 0 Å². The smallest absolute Gasteiger partial charge is 0.240 e. The van der Waals surface area contributed by atoms with Crippen LogP contribution in [0.5, 0.6) is 11.5 Å². The second kappa shape index (κ2) is 8.42. The van der Waals surface area contributed by atoms with Crippen LogP contribution in [0, 0.1) is 0 Å². The zero-order chi connectivity index (χ0) is 18.4. The van der Waals surface area contributed by atoms with E-state index in [1.807, 2.05) is 13.8 Å². The molecule has 0 amide bonds. The summed E-state index contributed by atoms with van der Waals surface area (Å²) in [5, 5.41) is 0.370. The van der Waals surface area contributed by atoms with E-state index in [1.165, 1.54) is 24.3 Å². The van der Waals surface area contributed by atoms with E-state index in [9.17, 15) is 8.42 Å². The second-order valence-corrected chi connectivity index (χ2v) is 7.34. The predicted octanol–water partition coefficient (Wildman–Crippen LogP) is 3.20. The van der Waals surface area contributed by atoms with E-state index in [0.29, 0.717) is 41.0 Å². The molecule has 0 spiro atoms. The van der Waals surface area contributed by atoms with E-state index in [1.54, 1.807) is 12.1 Å². The Balaban J connectivity index is 2.21. The van der Waals surface area contributed by atoms with Gasteiger partial charge in [0.15, 0.2) is 11.5 Å². The average molecular weight is 385 g/mol. The predicted molar refractivity (Wildman–Crippen MR) is 98.7 cm³/mol. The number of rotatable bonds is 8. The maximum Gasteiger partial charge on any atom is 0.240 e. The molecule has 2 rings (SSSR count). The first-order valence-electron chi connectivity index (χ1n) is 7.80. The molecule has 6 nitrogen and oxygen atoms in total. The van der Waals surface area contributed by atoms with Gasteiger partial charge in [0.2, 0.25) is 10.0 Å². The molecule has 2 aromatic carbocycles. The first kappa shape index (κ1) is 19.4. The van der Waals surface area contributed by atoms with Crippen molar-refractivity contribution in [2.24, 2.45) is 0 Å². The Morgan fingerprint density at radius 1 is 1.08 bits per heavy atom. The lowest BCUT2D eigenvalue weighted by atomic mass is 10.2. The number of nitrogen functional groups attached to an aromatic ring is 1. The molecular weight excluding hydrogens is 364 g/mol. The number of halogens is 1. The van der Waals surface area contributed by atoms with Gasteiger partial charge in [-0.15, -0.1) is 0 Å². The number of sulfonamides is 1. The quantitative estimate of drug-likeness (QED) is 0.682. The Labute approximate surface area is 152 Å². The van der Waals surface area contributed by atoms with Gasteiger partial charge in [-0.05, 0) is 55.8 Å². The first-order valence-corrected chi connectivity index (χ1v) is 9.66. The van der Waals surface area contributed by atoms with Crippen molar-refractivity contribution in [3.63, 3.8) is 0 Å². The molecule has 0 unspecified atom stereocenters. The summed E-state index contributed by atoms with van der Waals surface area (Å²) < 4.78 is 38.3. The maximum absolute atomic E-state index is 12.3. The molecule has 0 aliphatic heterocycles. The van der Waals surface area contributed by atoms with E-state index in [2.05, 4.69) is 4.72 Å². The van der Waals surface area contributed by atoms with Crippen LogP contribution in [0.2, 0.25) is 5.02 Å². The third-order valence-corrected chi connectivity index (χ3v) is 5.01. The number of nitrogens with two attached hydrogens (primary N) is 1. The van der Waals surface area contributed by atoms with Crippen LogP contribution in [0.25, 0.3) is 0 Å². The topological polar surface area (TPSA) is 90.7 Å². The Kier molecular flexibility index (Phi) is 6.52. The normalized spacial score (nSPS) is 11.3. The Morgan fingerprint density at radius 2 is 1.72 bits per heavy atom. The molecule has 2 aromatic rings. The standard InChI is InChI=1S/C17H21ClN2O4S/c1-3-23-16-10-12(9-15(18)17(16)24-4-2)11-20-25(21,22)14-7-5-13(19)6-8-14/h5-10,20H,3-4,11,19H2,1-2H3. The summed E-state index contributed by atoms with van der Waals surface area (Å²) in [4.78, 5) is 0.142. The van der Waals surface area contributed by atoms with Crippen LogP contribution in [0.1, 0.15) is 19.4 Å². The summed E-state index contributed by atoms with van der Waals surface area (Å²) in [5.74, 6) is 0.940. The van der Waals surface area contributed by atoms with Crippen LogP contribution in [0.4, 0.5) is 5.69 Å². The van der Waals surface area contributed by atoms with E-state index in [4.69, 9.17) is 26.8 Å². The van der Waals surface area contributed by atoms with Crippen molar-refractivity contribution in [1.82, 2.24) is 4.72 Å². The van der Waals surface area contributed by atoms with Crippen molar-refractivity contribution in [1.29, 1.82) is 0 Å². The van der Waals surface area contributed by atoms with E-state index >= 15 is 0 Å². The fourth-order valence-electron chi connectivity index (χ4n) is 2.18. The summed E-state index contributed by atoms with van der Waals surface area (Å²) >= 11 is 6.24. The van der Waals surface area contributed by atoms with Crippen molar-refractivity contribution in [2.75, 3.05) is 18.9 Å². The maximum atomic E-state index is 12.3. The molecule has 0 aliphatic carbocycles. The fourth-order valence-corrected chi connectivity index (χ4v) is 3.49. The van der Waals surface area contributed by atoms with Crippen molar-refractivity contribution < 1.29 is 17.9 Å². The highest BCUT2D eigenvalue weighted by molar-refractivity contribution is 7.89. The van der Waals surface area contributed by atoms with Gasteiger partial charge in [-0.1, -0.05) is 11.6 Å². The molecule has 0 aliphatic rings. The van der Waals surface area contributed by atoms with Crippen LogP contribution < -0.4 is 19.9 Å². The second-order valence-electron chi connectivity index (χ2n) is 5.16. The number of hydrogen-bond donors (Lipinski definition) is 2. The van der Waals surface area contributed by atoms with Crippen LogP contribution >= 0.6 is 11.6 Å². The summed E-state index contributed by atoms with van der Waals surface area (Å²) in [6.45, 7) is 4.65. The molecule has 0 heterocycles. The van der Waals surface area contributed by atoms with Crippen molar-refractivity contribution in [3.8, 4) is 11.5 Å². The number of ether oxygens (including phenoxy) is 2. The first-order chi connectivity index (χ1) is 11.9. The molecule has 0 aromatic heterocycles. The van der Waals surface area contributed by atoms with Gasteiger partial charge < -0.3 is 15.2 Å². The third-order valence-electron chi connectivity index (χ3n) is 3.31. The minimum atomic E-state index is -3.65. The molecule has 3 N–H and O–H groups in total. The zero-order valence-electron chi connectivity index (χ0n) is 14.1. The van der Waals surface area contributed by atoms with Gasteiger partial charge in [-0.25, -0.2) is 13.1 Å². The van der Waals surface area contributed by atoms with Crippen LogP contribution in [0.15, 0.2) is 41.3 Å². The number of nitrogens with one attached hydrogen (secondary N) is 1. The van der Waals surface area contributed by atoms with Gasteiger partial charge in [-0.2, -0.15) is 0 Å². The highest BCUT2D eigenvalue weighted by Crippen LogP contribution is 2.36. The SMILES string of the molecule is CCOc1cc(CNS(=O)(=O)c2ccc(N)cc2)cc(Cl)c1OCC. The van der Waals surface area contributed by atoms with Crippen molar-refractivity contribution >= 4 is 27.3 Å². The Morgan fingerprint density at radius 3 is 2.32 bits per heavy atom. The van der Waals surface area contributed by atoms with E-state index in [-0.39, 0.29) is 11.4 Å². The molecule has 0 radical (unpaired) electrons. The van der Waals surface area contributed by atoms with Gasteiger partial charge in [0.05, 0.1) is 23.1 Å². The van der Waals surface area contributed by atoms with E-state index < -0.39 is 10.0 Å². The Hall–Kier alpha value is -1.96. The fraction of sp³-hybridized carbons (Fsp3) is 0.294. The highest BCUT2D eigenvalue weighted by Gasteiger charge is 2.16. The minimum Gasteiger partial charge on any atom is -0.490 e. The lowest BCUT2D eigenvalue weighted by Gasteiger charge is -2.15. The molecule has 8 heteroatoms. The third kappa shape index (κ3) is 5.01. The molecular formula is C17H21ClN2O4S. The molecule has 0 saturated heterocycles. The molecule has 25 heavy (non-hydrogen) atoms. The lowest BCUT2D eigenvalue weighted by molar-refractivity contribution is 0.287. The number of hydrogen-bond acceptors (Lipinski definition) is 5. The highest BCUT2D eigenvalue weighted by atomic mass is 35.5. The average Bonchev–Trinajstić information content (AvgIpc) is 2.57. The monoisotopic (exact) mass is 384 g/mol.